The van der Waals surface area contributed by atoms with Crippen LogP contribution in [-0.4, -0.2) is 11.0 Å². The maximum absolute atomic E-state index is 5.04. The van der Waals surface area contributed by atoms with Gasteiger partial charge in [0.25, 0.3) is 0 Å². The van der Waals surface area contributed by atoms with Crippen molar-refractivity contribution in [2.45, 2.75) is 45.1 Å². The van der Waals surface area contributed by atoms with Gasteiger partial charge in [0.1, 0.15) is 0 Å². The largest absolute Gasteiger partial charge is 0.377 e. The summed E-state index contributed by atoms with van der Waals surface area (Å²) in [4.78, 5) is 1.07. The Bertz CT molecular complexity index is 122. The highest BCUT2D eigenvalue weighted by Gasteiger charge is 2.16. The molecule has 1 unspecified atom stereocenters. The van der Waals surface area contributed by atoms with Crippen molar-refractivity contribution in [3.05, 3.63) is 0 Å². The monoisotopic (exact) mass is 157 g/mol. The first-order valence-electron chi connectivity index (χ1n) is 4.12. The van der Waals surface area contributed by atoms with Crippen LogP contribution in [0.5, 0.6) is 0 Å². The van der Waals surface area contributed by atoms with E-state index in [1.165, 1.54) is 25.7 Å². The van der Waals surface area contributed by atoms with Crippen LogP contribution < -0.4 is 5.32 Å². The van der Waals surface area contributed by atoms with Crippen LogP contribution in [-0.2, 0) is 0 Å². The Hall–Kier alpha value is -0.110. The number of thiocarbonyl (C=S) groups is 1. The van der Waals surface area contributed by atoms with Gasteiger partial charge in [0, 0.05) is 6.04 Å². The Labute approximate surface area is 68.2 Å². The van der Waals surface area contributed by atoms with Crippen molar-refractivity contribution >= 4 is 17.2 Å². The highest BCUT2D eigenvalue weighted by atomic mass is 32.1. The smallest absolute Gasteiger partial charge is 0.0756 e. The van der Waals surface area contributed by atoms with Gasteiger partial charge < -0.3 is 5.32 Å². The molecule has 0 aromatic rings. The van der Waals surface area contributed by atoms with Crippen LogP contribution in [0.15, 0.2) is 0 Å². The number of unbranched alkanes of at least 4 members (excludes halogenated alkanes) is 1. The summed E-state index contributed by atoms with van der Waals surface area (Å²) in [5.74, 6) is 0. The average Bonchev–Trinajstić information content (AvgIpc) is 2.31. The fourth-order valence-electron chi connectivity index (χ4n) is 1.34. The molecule has 1 aliphatic heterocycles. The molecule has 1 atom stereocenters. The van der Waals surface area contributed by atoms with Gasteiger partial charge in [0.05, 0.1) is 4.99 Å². The molecule has 1 heterocycles. The molecule has 1 aliphatic rings. The molecule has 0 aromatic heterocycles. The minimum absolute atomic E-state index is 0.701. The zero-order valence-corrected chi connectivity index (χ0v) is 7.34. The molecule has 1 fully saturated rings. The van der Waals surface area contributed by atoms with E-state index in [9.17, 15) is 0 Å². The van der Waals surface area contributed by atoms with Crippen molar-refractivity contribution in [2.24, 2.45) is 0 Å². The highest BCUT2D eigenvalue weighted by Crippen LogP contribution is 2.13. The molecule has 1 N–H and O–H groups in total. The Morgan fingerprint density at radius 1 is 1.70 bits per heavy atom. The van der Waals surface area contributed by atoms with Crippen molar-refractivity contribution in [3.8, 4) is 0 Å². The quantitative estimate of drug-likeness (QED) is 0.631. The minimum atomic E-state index is 0.701. The Morgan fingerprint density at radius 3 is 3.00 bits per heavy atom. The van der Waals surface area contributed by atoms with Gasteiger partial charge in [0.2, 0.25) is 0 Å². The molecule has 1 nitrogen and oxygen atoms in total. The van der Waals surface area contributed by atoms with Gasteiger partial charge in [-0.05, 0) is 19.3 Å². The molecule has 0 amide bonds. The van der Waals surface area contributed by atoms with Crippen LogP contribution in [0.25, 0.3) is 0 Å². The lowest BCUT2D eigenvalue weighted by atomic mass is 10.1. The van der Waals surface area contributed by atoms with Gasteiger partial charge in [-0.3, -0.25) is 0 Å². The number of hydrogen-bond acceptors (Lipinski definition) is 1. The summed E-state index contributed by atoms with van der Waals surface area (Å²) >= 11 is 5.04. The number of hydrogen-bond donors (Lipinski definition) is 1. The van der Waals surface area contributed by atoms with Crippen molar-refractivity contribution in [3.63, 3.8) is 0 Å². The lowest BCUT2D eigenvalue weighted by molar-refractivity contribution is 0.547. The van der Waals surface area contributed by atoms with E-state index in [0.29, 0.717) is 6.04 Å². The predicted octanol–water partition coefficient (Wildman–Crippen LogP) is 2.26. The Balaban J connectivity index is 2.12. The highest BCUT2D eigenvalue weighted by molar-refractivity contribution is 7.80. The fraction of sp³-hybridized carbons (Fsp3) is 0.875. The fourth-order valence-corrected chi connectivity index (χ4v) is 1.63. The van der Waals surface area contributed by atoms with Gasteiger partial charge >= 0.3 is 0 Å². The lowest BCUT2D eigenvalue weighted by Gasteiger charge is -2.08. The van der Waals surface area contributed by atoms with Gasteiger partial charge in [-0.25, -0.2) is 0 Å². The van der Waals surface area contributed by atoms with Crippen LogP contribution in [0.1, 0.15) is 39.0 Å². The van der Waals surface area contributed by atoms with Gasteiger partial charge in [-0.2, -0.15) is 0 Å². The van der Waals surface area contributed by atoms with Crippen LogP contribution in [0.3, 0.4) is 0 Å². The maximum Gasteiger partial charge on any atom is 0.0756 e. The molecule has 1 rings (SSSR count). The molecule has 10 heavy (non-hydrogen) atoms. The molecular weight excluding hydrogens is 142 g/mol. The molecule has 0 radical (unpaired) electrons. The molecule has 0 aromatic carbocycles. The minimum Gasteiger partial charge on any atom is -0.377 e. The second-order valence-corrected chi connectivity index (χ2v) is 3.44. The summed E-state index contributed by atoms with van der Waals surface area (Å²) in [6.07, 6.45) is 6.31. The van der Waals surface area contributed by atoms with Crippen LogP contribution in [0, 0.1) is 0 Å². The summed E-state index contributed by atoms with van der Waals surface area (Å²) in [7, 11) is 0. The van der Waals surface area contributed by atoms with Crippen LogP contribution in [0.2, 0.25) is 0 Å². The third-order valence-corrected chi connectivity index (χ3v) is 2.31. The van der Waals surface area contributed by atoms with E-state index in [2.05, 4.69) is 12.2 Å². The van der Waals surface area contributed by atoms with Crippen molar-refractivity contribution in [1.29, 1.82) is 0 Å². The molecule has 0 spiro atoms. The summed E-state index contributed by atoms with van der Waals surface area (Å²) in [5, 5.41) is 3.32. The van der Waals surface area contributed by atoms with Crippen molar-refractivity contribution in [1.82, 2.24) is 5.32 Å². The standard InChI is InChI=1S/C8H15NS/c1-2-3-4-7-5-6-8(10)9-7/h7H,2-6H2,1H3,(H,9,10). The molecule has 1 saturated heterocycles. The maximum atomic E-state index is 5.04. The summed E-state index contributed by atoms with van der Waals surface area (Å²) < 4.78 is 0. The van der Waals surface area contributed by atoms with E-state index in [1.54, 1.807) is 0 Å². The van der Waals surface area contributed by atoms with Gasteiger partial charge in [-0.15, -0.1) is 0 Å². The first kappa shape index (κ1) is 7.99. The van der Waals surface area contributed by atoms with E-state index in [4.69, 9.17) is 12.2 Å². The van der Waals surface area contributed by atoms with Crippen LogP contribution >= 0.6 is 12.2 Å². The molecular formula is C8H15NS. The second-order valence-electron chi connectivity index (χ2n) is 2.95. The van der Waals surface area contributed by atoms with Gasteiger partial charge in [-0.1, -0.05) is 32.0 Å². The van der Waals surface area contributed by atoms with E-state index in [1.807, 2.05) is 0 Å². The predicted molar refractivity (Wildman–Crippen MR) is 48.3 cm³/mol. The normalized spacial score (nSPS) is 24.9. The summed E-state index contributed by atoms with van der Waals surface area (Å²) in [6.45, 7) is 2.23. The molecule has 0 aliphatic carbocycles. The Morgan fingerprint density at radius 2 is 2.50 bits per heavy atom. The molecule has 0 saturated carbocycles. The first-order chi connectivity index (χ1) is 4.83. The zero-order valence-electron chi connectivity index (χ0n) is 6.52. The first-order valence-corrected chi connectivity index (χ1v) is 4.53. The van der Waals surface area contributed by atoms with Crippen molar-refractivity contribution in [2.75, 3.05) is 0 Å². The topological polar surface area (TPSA) is 12.0 Å². The second kappa shape index (κ2) is 3.91. The van der Waals surface area contributed by atoms with Gasteiger partial charge in [0.15, 0.2) is 0 Å². The summed E-state index contributed by atoms with van der Waals surface area (Å²) in [5.41, 5.74) is 0. The lowest BCUT2D eigenvalue weighted by Crippen LogP contribution is -2.23. The van der Waals surface area contributed by atoms with E-state index >= 15 is 0 Å². The SMILES string of the molecule is CCCCC1CCC(=S)N1. The molecule has 0 bridgehead atoms. The van der Waals surface area contributed by atoms with E-state index in [-0.39, 0.29) is 0 Å². The molecule has 58 valence electrons. The Kier molecular flexibility index (Phi) is 3.13. The number of rotatable bonds is 3. The molecule has 2 heteroatoms. The summed E-state index contributed by atoms with van der Waals surface area (Å²) in [6, 6.07) is 0.701. The van der Waals surface area contributed by atoms with Crippen molar-refractivity contribution < 1.29 is 0 Å². The van der Waals surface area contributed by atoms with Crippen LogP contribution in [0.4, 0.5) is 0 Å². The average molecular weight is 157 g/mol. The third-order valence-electron chi connectivity index (χ3n) is 1.99. The zero-order chi connectivity index (χ0) is 7.40. The van der Waals surface area contributed by atoms with E-state index < -0.39 is 0 Å². The van der Waals surface area contributed by atoms with E-state index in [0.717, 1.165) is 11.4 Å². The third kappa shape index (κ3) is 2.25. The number of nitrogens with one attached hydrogen (secondary N) is 1.